The Morgan fingerprint density at radius 2 is 1.96 bits per heavy atom. The molecule has 1 aromatic rings. The van der Waals surface area contributed by atoms with Crippen LogP contribution in [0.25, 0.3) is 0 Å². The Labute approximate surface area is 158 Å². The second-order valence-electron chi connectivity index (χ2n) is 5.86. The van der Waals surface area contributed by atoms with Gasteiger partial charge in [-0.15, -0.1) is 12.4 Å². The number of halogens is 1. The first-order chi connectivity index (χ1) is 11.9. The molecule has 1 aromatic carbocycles. The second kappa shape index (κ2) is 10.1. The van der Waals surface area contributed by atoms with Gasteiger partial charge in [-0.1, -0.05) is 0 Å². The smallest absolute Gasteiger partial charge is 0.328 e. The van der Waals surface area contributed by atoms with Gasteiger partial charge in [-0.3, -0.25) is 9.59 Å². The standard InChI is InChI=1S/C17H23N3O5.ClH/c1-3-25-17(24)10(2)19-15(22)11-4-6-12(7-5-11)20-16(23)14-8-13(21)9-18-14;/h4-7,10,13-14,18,21H,3,8-9H2,1-2H3,(H,19,22)(H,20,23);1H. The minimum Gasteiger partial charge on any atom is -0.464 e. The predicted octanol–water partition coefficient (Wildman–Crippen LogP) is 0.451. The number of aliphatic hydroxyl groups is 1. The van der Waals surface area contributed by atoms with Gasteiger partial charge in [0.1, 0.15) is 6.04 Å². The molecule has 1 aliphatic rings. The average molecular weight is 386 g/mol. The Morgan fingerprint density at radius 3 is 2.50 bits per heavy atom. The van der Waals surface area contributed by atoms with Crippen molar-refractivity contribution in [3.05, 3.63) is 29.8 Å². The summed E-state index contributed by atoms with van der Waals surface area (Å²) in [4.78, 5) is 35.7. The van der Waals surface area contributed by atoms with E-state index in [1.807, 2.05) is 0 Å². The maximum atomic E-state index is 12.1. The molecule has 2 amide bonds. The molecular weight excluding hydrogens is 362 g/mol. The van der Waals surface area contributed by atoms with E-state index < -0.39 is 30.1 Å². The highest BCUT2D eigenvalue weighted by atomic mass is 35.5. The largest absolute Gasteiger partial charge is 0.464 e. The van der Waals surface area contributed by atoms with E-state index in [9.17, 15) is 19.5 Å². The minimum atomic E-state index is -0.744. The van der Waals surface area contributed by atoms with Crippen molar-refractivity contribution in [1.82, 2.24) is 10.6 Å². The summed E-state index contributed by atoms with van der Waals surface area (Å²) in [6, 6.07) is 5.15. The minimum absolute atomic E-state index is 0. The zero-order chi connectivity index (χ0) is 18.4. The summed E-state index contributed by atoms with van der Waals surface area (Å²) in [6.07, 6.45) is -0.138. The number of carbonyl (C=O) groups is 3. The van der Waals surface area contributed by atoms with Crippen LogP contribution in [0.3, 0.4) is 0 Å². The van der Waals surface area contributed by atoms with Crippen LogP contribution < -0.4 is 16.0 Å². The Kier molecular flexibility index (Phi) is 8.50. The Hall–Kier alpha value is -2.16. The highest BCUT2D eigenvalue weighted by Gasteiger charge is 2.28. The molecule has 26 heavy (non-hydrogen) atoms. The van der Waals surface area contributed by atoms with Crippen molar-refractivity contribution >= 4 is 35.9 Å². The molecular formula is C17H24ClN3O5. The Bertz CT molecular complexity index is 638. The van der Waals surface area contributed by atoms with E-state index in [-0.39, 0.29) is 24.9 Å². The monoisotopic (exact) mass is 385 g/mol. The summed E-state index contributed by atoms with van der Waals surface area (Å²) < 4.78 is 4.83. The quantitative estimate of drug-likeness (QED) is 0.528. The number of amides is 2. The number of nitrogens with one attached hydrogen (secondary N) is 3. The van der Waals surface area contributed by atoms with Crippen molar-refractivity contribution in [2.45, 2.75) is 38.5 Å². The third-order valence-electron chi connectivity index (χ3n) is 3.83. The first kappa shape index (κ1) is 21.9. The van der Waals surface area contributed by atoms with Crippen molar-refractivity contribution in [3.8, 4) is 0 Å². The molecule has 0 radical (unpaired) electrons. The summed E-state index contributed by atoms with van der Waals surface area (Å²) in [5.74, 6) is -1.13. The zero-order valence-electron chi connectivity index (χ0n) is 14.7. The van der Waals surface area contributed by atoms with E-state index in [0.717, 1.165) is 0 Å². The maximum absolute atomic E-state index is 12.1. The van der Waals surface area contributed by atoms with Gasteiger partial charge in [0.2, 0.25) is 5.91 Å². The van der Waals surface area contributed by atoms with Crippen molar-refractivity contribution in [2.24, 2.45) is 0 Å². The van der Waals surface area contributed by atoms with Gasteiger partial charge in [0, 0.05) is 17.8 Å². The molecule has 8 nitrogen and oxygen atoms in total. The van der Waals surface area contributed by atoms with E-state index in [1.54, 1.807) is 38.1 Å². The third kappa shape index (κ3) is 5.98. The molecule has 0 aromatic heterocycles. The van der Waals surface area contributed by atoms with Crippen LogP contribution >= 0.6 is 12.4 Å². The fraction of sp³-hybridized carbons (Fsp3) is 0.471. The summed E-state index contributed by atoms with van der Waals surface area (Å²) in [7, 11) is 0. The van der Waals surface area contributed by atoms with E-state index in [2.05, 4.69) is 16.0 Å². The molecule has 1 aliphatic heterocycles. The van der Waals surface area contributed by atoms with Crippen molar-refractivity contribution in [3.63, 3.8) is 0 Å². The number of hydrogen-bond donors (Lipinski definition) is 4. The molecule has 0 saturated carbocycles. The lowest BCUT2D eigenvalue weighted by Gasteiger charge is -2.13. The van der Waals surface area contributed by atoms with Crippen LogP contribution in [0.5, 0.6) is 0 Å². The van der Waals surface area contributed by atoms with Gasteiger partial charge < -0.3 is 25.8 Å². The number of ether oxygens (including phenoxy) is 1. The van der Waals surface area contributed by atoms with Crippen LogP contribution in [-0.2, 0) is 14.3 Å². The van der Waals surface area contributed by atoms with E-state index in [4.69, 9.17) is 4.74 Å². The van der Waals surface area contributed by atoms with Gasteiger partial charge in [-0.05, 0) is 44.5 Å². The topological polar surface area (TPSA) is 117 Å². The molecule has 3 atom stereocenters. The van der Waals surface area contributed by atoms with Gasteiger partial charge in [0.05, 0.1) is 18.8 Å². The van der Waals surface area contributed by atoms with E-state index in [0.29, 0.717) is 24.2 Å². The van der Waals surface area contributed by atoms with Gasteiger partial charge in [-0.25, -0.2) is 4.79 Å². The summed E-state index contributed by atoms with van der Waals surface area (Å²) in [5.41, 5.74) is 0.909. The molecule has 0 spiro atoms. The molecule has 0 bridgehead atoms. The molecule has 0 aliphatic carbocycles. The van der Waals surface area contributed by atoms with Crippen LogP contribution in [0.15, 0.2) is 24.3 Å². The maximum Gasteiger partial charge on any atom is 0.328 e. The SMILES string of the molecule is CCOC(=O)C(C)NC(=O)c1ccc(NC(=O)C2CC(O)CN2)cc1.Cl. The van der Waals surface area contributed by atoms with Crippen molar-refractivity contribution in [1.29, 1.82) is 0 Å². The van der Waals surface area contributed by atoms with Gasteiger partial charge in [-0.2, -0.15) is 0 Å². The van der Waals surface area contributed by atoms with E-state index >= 15 is 0 Å². The Balaban J connectivity index is 0.00000338. The fourth-order valence-corrected chi connectivity index (χ4v) is 2.46. The van der Waals surface area contributed by atoms with E-state index in [1.165, 1.54) is 0 Å². The summed E-state index contributed by atoms with van der Waals surface area (Å²) >= 11 is 0. The molecule has 1 heterocycles. The number of benzene rings is 1. The lowest BCUT2D eigenvalue weighted by Crippen LogP contribution is -2.39. The number of esters is 1. The zero-order valence-corrected chi connectivity index (χ0v) is 15.5. The molecule has 2 rings (SSSR count). The molecule has 9 heteroatoms. The summed E-state index contributed by atoms with van der Waals surface area (Å²) in [5, 5.41) is 17.6. The van der Waals surface area contributed by atoms with Gasteiger partial charge in [0.15, 0.2) is 0 Å². The predicted molar refractivity (Wildman–Crippen MR) is 98.3 cm³/mol. The van der Waals surface area contributed by atoms with Crippen LogP contribution in [-0.4, -0.2) is 54.2 Å². The van der Waals surface area contributed by atoms with Crippen LogP contribution in [0.2, 0.25) is 0 Å². The third-order valence-corrected chi connectivity index (χ3v) is 3.83. The summed E-state index contributed by atoms with van der Waals surface area (Å²) in [6.45, 7) is 3.89. The lowest BCUT2D eigenvalue weighted by atomic mass is 10.1. The molecule has 3 unspecified atom stereocenters. The average Bonchev–Trinajstić information content (AvgIpc) is 3.02. The fourth-order valence-electron chi connectivity index (χ4n) is 2.46. The number of hydrogen-bond acceptors (Lipinski definition) is 6. The van der Waals surface area contributed by atoms with Gasteiger partial charge in [0.25, 0.3) is 5.91 Å². The Morgan fingerprint density at radius 1 is 1.31 bits per heavy atom. The first-order valence-corrected chi connectivity index (χ1v) is 8.20. The molecule has 1 fully saturated rings. The number of anilines is 1. The van der Waals surface area contributed by atoms with Crippen LogP contribution in [0.1, 0.15) is 30.6 Å². The van der Waals surface area contributed by atoms with Crippen molar-refractivity contribution < 1.29 is 24.2 Å². The number of rotatable bonds is 6. The van der Waals surface area contributed by atoms with Crippen LogP contribution in [0.4, 0.5) is 5.69 Å². The van der Waals surface area contributed by atoms with Crippen molar-refractivity contribution in [2.75, 3.05) is 18.5 Å². The van der Waals surface area contributed by atoms with Crippen LogP contribution in [0, 0.1) is 0 Å². The molecule has 144 valence electrons. The number of β-amino-alcohol motifs (C(OH)–C–C–N with tert-alkyl or cyclic N) is 1. The normalized spacial score (nSPS) is 19.8. The number of carbonyl (C=O) groups excluding carboxylic acids is 3. The lowest BCUT2D eigenvalue weighted by molar-refractivity contribution is -0.144. The highest BCUT2D eigenvalue weighted by Crippen LogP contribution is 2.13. The molecule has 1 saturated heterocycles. The highest BCUT2D eigenvalue weighted by molar-refractivity contribution is 5.98. The molecule has 4 N–H and O–H groups in total. The van der Waals surface area contributed by atoms with Gasteiger partial charge >= 0.3 is 5.97 Å². The first-order valence-electron chi connectivity index (χ1n) is 8.20. The number of aliphatic hydroxyl groups excluding tert-OH is 1. The second-order valence-corrected chi connectivity index (χ2v) is 5.86.